The molecule has 12 heavy (non-hydrogen) atoms. The minimum Gasteiger partial charge on any atom is -0.301 e. The van der Waals surface area contributed by atoms with Gasteiger partial charge in [0.2, 0.25) is 0 Å². The van der Waals surface area contributed by atoms with Gasteiger partial charge in [-0.2, -0.15) is 0 Å². The van der Waals surface area contributed by atoms with Crippen LogP contribution in [0.3, 0.4) is 0 Å². The molecule has 0 amide bonds. The molecule has 0 spiro atoms. The highest BCUT2D eigenvalue weighted by atomic mass is 32.2. The third-order valence-electron chi connectivity index (χ3n) is 3.01. The Labute approximate surface area is 79.7 Å². The van der Waals surface area contributed by atoms with E-state index in [1.165, 1.54) is 25.7 Å². The Morgan fingerprint density at radius 2 is 2.00 bits per heavy atom. The van der Waals surface area contributed by atoms with Crippen molar-refractivity contribution >= 4 is 11.8 Å². The molecule has 70 valence electrons. The fourth-order valence-corrected chi connectivity index (χ4v) is 3.89. The lowest BCUT2D eigenvalue weighted by atomic mass is 9.95. The number of hydrogen-bond donors (Lipinski definition) is 1. The summed E-state index contributed by atoms with van der Waals surface area (Å²) >= 11 is 2.19. The Morgan fingerprint density at radius 3 is 2.67 bits per heavy atom. The molecule has 2 rings (SSSR count). The molecule has 1 aliphatic heterocycles. The smallest absolute Gasteiger partial charge is 0.0561 e. The SMILES string of the molecule is CC(C)C1NC2CCCCC2S1. The topological polar surface area (TPSA) is 12.0 Å². The van der Waals surface area contributed by atoms with E-state index in [1.54, 1.807) is 0 Å². The van der Waals surface area contributed by atoms with E-state index in [1.807, 2.05) is 0 Å². The van der Waals surface area contributed by atoms with E-state index < -0.39 is 0 Å². The van der Waals surface area contributed by atoms with Gasteiger partial charge in [0.15, 0.2) is 0 Å². The number of nitrogens with one attached hydrogen (secondary N) is 1. The van der Waals surface area contributed by atoms with Gasteiger partial charge in [0.05, 0.1) is 5.37 Å². The number of hydrogen-bond acceptors (Lipinski definition) is 2. The maximum Gasteiger partial charge on any atom is 0.0561 e. The van der Waals surface area contributed by atoms with Crippen LogP contribution in [-0.2, 0) is 0 Å². The molecule has 2 fully saturated rings. The third kappa shape index (κ3) is 1.64. The Balaban J connectivity index is 1.94. The Morgan fingerprint density at radius 1 is 1.25 bits per heavy atom. The monoisotopic (exact) mass is 185 g/mol. The predicted molar refractivity (Wildman–Crippen MR) is 55.4 cm³/mol. The van der Waals surface area contributed by atoms with Gasteiger partial charge in [-0.3, -0.25) is 0 Å². The normalized spacial score (nSPS) is 41.8. The molecule has 2 heteroatoms. The summed E-state index contributed by atoms with van der Waals surface area (Å²) < 4.78 is 0. The Kier molecular flexibility index (Phi) is 2.66. The second-order valence-electron chi connectivity index (χ2n) is 4.40. The van der Waals surface area contributed by atoms with Gasteiger partial charge in [-0.05, 0) is 18.8 Å². The second-order valence-corrected chi connectivity index (χ2v) is 5.78. The van der Waals surface area contributed by atoms with Crippen molar-refractivity contribution in [2.75, 3.05) is 0 Å². The van der Waals surface area contributed by atoms with E-state index >= 15 is 0 Å². The third-order valence-corrected chi connectivity index (χ3v) is 4.90. The molecular formula is C10H19NS. The molecule has 0 aromatic heterocycles. The Hall–Kier alpha value is 0.310. The molecule has 3 atom stereocenters. The fourth-order valence-electron chi connectivity index (χ4n) is 2.24. The minimum atomic E-state index is 0.734. The summed E-state index contributed by atoms with van der Waals surface area (Å²) in [6, 6.07) is 0.844. The van der Waals surface area contributed by atoms with Gasteiger partial charge < -0.3 is 5.32 Å². The molecule has 3 unspecified atom stereocenters. The van der Waals surface area contributed by atoms with Gasteiger partial charge in [0, 0.05) is 11.3 Å². The van der Waals surface area contributed by atoms with Crippen molar-refractivity contribution in [3.8, 4) is 0 Å². The highest BCUT2D eigenvalue weighted by Crippen LogP contribution is 2.38. The molecule has 1 saturated heterocycles. The number of thioether (sulfide) groups is 1. The van der Waals surface area contributed by atoms with Crippen LogP contribution in [0.2, 0.25) is 0 Å². The van der Waals surface area contributed by atoms with Crippen LogP contribution in [0.15, 0.2) is 0 Å². The van der Waals surface area contributed by atoms with E-state index in [-0.39, 0.29) is 0 Å². The lowest BCUT2D eigenvalue weighted by Gasteiger charge is -2.23. The first-order valence-electron chi connectivity index (χ1n) is 5.19. The van der Waals surface area contributed by atoms with Crippen molar-refractivity contribution in [1.82, 2.24) is 5.32 Å². The van der Waals surface area contributed by atoms with Gasteiger partial charge in [-0.1, -0.05) is 26.7 Å². The average Bonchev–Trinajstić information content (AvgIpc) is 2.46. The van der Waals surface area contributed by atoms with Crippen molar-refractivity contribution in [3.63, 3.8) is 0 Å². The second kappa shape index (κ2) is 3.59. The summed E-state index contributed by atoms with van der Waals surface area (Å²) in [5, 5.41) is 5.43. The largest absolute Gasteiger partial charge is 0.301 e. The van der Waals surface area contributed by atoms with E-state index in [9.17, 15) is 0 Å². The summed E-state index contributed by atoms with van der Waals surface area (Å²) in [6.07, 6.45) is 5.77. The van der Waals surface area contributed by atoms with Gasteiger partial charge >= 0.3 is 0 Å². The molecule has 1 aliphatic carbocycles. The molecule has 1 nitrogen and oxygen atoms in total. The van der Waals surface area contributed by atoms with Crippen molar-refractivity contribution in [3.05, 3.63) is 0 Å². The highest BCUT2D eigenvalue weighted by molar-refractivity contribution is 8.00. The molecule has 1 N–H and O–H groups in total. The van der Waals surface area contributed by atoms with Crippen LogP contribution in [0.5, 0.6) is 0 Å². The van der Waals surface area contributed by atoms with Crippen LogP contribution < -0.4 is 5.32 Å². The number of rotatable bonds is 1. The van der Waals surface area contributed by atoms with Crippen LogP contribution in [0.4, 0.5) is 0 Å². The van der Waals surface area contributed by atoms with Crippen LogP contribution in [-0.4, -0.2) is 16.7 Å². The Bertz CT molecular complexity index is 144. The van der Waals surface area contributed by atoms with Gasteiger partial charge in [-0.25, -0.2) is 0 Å². The first kappa shape index (κ1) is 8.89. The van der Waals surface area contributed by atoms with Crippen LogP contribution in [0.25, 0.3) is 0 Å². The average molecular weight is 185 g/mol. The quantitative estimate of drug-likeness (QED) is 0.674. The molecule has 0 aromatic carbocycles. The van der Waals surface area contributed by atoms with Crippen LogP contribution in [0.1, 0.15) is 39.5 Å². The van der Waals surface area contributed by atoms with Crippen molar-refractivity contribution in [2.45, 2.75) is 56.2 Å². The van der Waals surface area contributed by atoms with Crippen molar-refractivity contribution in [2.24, 2.45) is 5.92 Å². The van der Waals surface area contributed by atoms with Crippen molar-refractivity contribution < 1.29 is 0 Å². The highest BCUT2D eigenvalue weighted by Gasteiger charge is 2.36. The fraction of sp³-hybridized carbons (Fsp3) is 1.00. The zero-order chi connectivity index (χ0) is 8.55. The zero-order valence-corrected chi connectivity index (χ0v) is 8.86. The van der Waals surface area contributed by atoms with Gasteiger partial charge in [0.1, 0.15) is 0 Å². The molecule has 0 radical (unpaired) electrons. The predicted octanol–water partition coefficient (Wildman–Crippen LogP) is 2.62. The molecule has 1 heterocycles. The van der Waals surface area contributed by atoms with E-state index in [0.29, 0.717) is 0 Å². The minimum absolute atomic E-state index is 0.734. The maximum absolute atomic E-state index is 3.76. The first-order valence-corrected chi connectivity index (χ1v) is 6.13. The standard InChI is InChI=1S/C10H19NS/c1-7(2)10-11-8-5-3-4-6-9(8)12-10/h7-11H,3-6H2,1-2H3. The van der Waals surface area contributed by atoms with E-state index in [4.69, 9.17) is 0 Å². The van der Waals surface area contributed by atoms with Crippen LogP contribution in [0, 0.1) is 5.92 Å². The molecule has 2 aliphatic rings. The first-order chi connectivity index (χ1) is 5.77. The molecule has 0 bridgehead atoms. The summed E-state index contributed by atoms with van der Waals surface area (Å²) in [5.74, 6) is 0.792. The lowest BCUT2D eigenvalue weighted by molar-refractivity contribution is 0.381. The van der Waals surface area contributed by atoms with E-state index in [2.05, 4.69) is 30.9 Å². The zero-order valence-electron chi connectivity index (χ0n) is 8.05. The van der Waals surface area contributed by atoms with Crippen LogP contribution >= 0.6 is 11.8 Å². The lowest BCUT2D eigenvalue weighted by Crippen LogP contribution is -2.36. The summed E-state index contributed by atoms with van der Waals surface area (Å²) in [7, 11) is 0. The number of fused-ring (bicyclic) bond motifs is 1. The summed E-state index contributed by atoms with van der Waals surface area (Å²) in [6.45, 7) is 4.64. The maximum atomic E-state index is 3.76. The molecule has 1 saturated carbocycles. The van der Waals surface area contributed by atoms with Gasteiger partial charge in [-0.15, -0.1) is 11.8 Å². The molecule has 0 aromatic rings. The van der Waals surface area contributed by atoms with E-state index in [0.717, 1.165) is 22.6 Å². The van der Waals surface area contributed by atoms with Gasteiger partial charge in [0.25, 0.3) is 0 Å². The molecular weight excluding hydrogens is 166 g/mol. The van der Waals surface area contributed by atoms with Crippen molar-refractivity contribution in [1.29, 1.82) is 0 Å². The summed E-state index contributed by atoms with van der Waals surface area (Å²) in [4.78, 5) is 0. The summed E-state index contributed by atoms with van der Waals surface area (Å²) in [5.41, 5.74) is 0.